The average Bonchev–Trinajstić information content (AvgIpc) is 2.20. The fourth-order valence-corrected chi connectivity index (χ4v) is 1.75. The molecule has 0 aliphatic heterocycles. The van der Waals surface area contributed by atoms with E-state index >= 15 is 0 Å². The van der Waals surface area contributed by atoms with Gasteiger partial charge in [0.05, 0.1) is 19.3 Å². The monoisotopic (exact) mass is 306 g/mol. The lowest BCUT2D eigenvalue weighted by molar-refractivity contribution is 0.111. The molecule has 0 radical (unpaired) electrons. The summed E-state index contributed by atoms with van der Waals surface area (Å²) in [6, 6.07) is 3.60. The Hall–Kier alpha value is -0.780. The van der Waals surface area contributed by atoms with Gasteiger partial charge >= 0.3 is 0 Å². The minimum atomic E-state index is 0.512. The maximum absolute atomic E-state index is 10.8. The van der Waals surface area contributed by atoms with Gasteiger partial charge in [0.1, 0.15) is 0 Å². The molecule has 0 amide bonds. The fraction of sp³-hybridized carbons (Fsp3) is 0.300. The van der Waals surface area contributed by atoms with Crippen LogP contribution in [-0.4, -0.2) is 20.0 Å². The standard InChI is InChI=1S/C10H11IO3/c1-3-14-10-7(6-12)4-8(11)5-9(10)13-2/h4-6H,3H2,1-2H3. The molecule has 0 fully saturated rings. The zero-order valence-electron chi connectivity index (χ0n) is 8.04. The van der Waals surface area contributed by atoms with E-state index in [1.807, 2.05) is 13.0 Å². The minimum absolute atomic E-state index is 0.512. The van der Waals surface area contributed by atoms with Gasteiger partial charge in [0.15, 0.2) is 17.8 Å². The number of halogens is 1. The number of hydrogen-bond acceptors (Lipinski definition) is 3. The van der Waals surface area contributed by atoms with Crippen molar-refractivity contribution in [3.63, 3.8) is 0 Å². The van der Waals surface area contributed by atoms with Crippen molar-refractivity contribution in [3.8, 4) is 11.5 Å². The van der Waals surface area contributed by atoms with Crippen LogP contribution in [0.15, 0.2) is 12.1 Å². The Bertz CT molecular complexity index is 336. The molecule has 3 nitrogen and oxygen atoms in total. The van der Waals surface area contributed by atoms with Gasteiger partial charge < -0.3 is 9.47 Å². The van der Waals surface area contributed by atoms with Gasteiger partial charge in [-0.1, -0.05) is 0 Å². The van der Waals surface area contributed by atoms with E-state index in [0.717, 1.165) is 9.86 Å². The van der Waals surface area contributed by atoms with Crippen LogP contribution in [0.5, 0.6) is 11.5 Å². The second-order valence-electron chi connectivity index (χ2n) is 2.58. The first-order chi connectivity index (χ1) is 6.72. The SMILES string of the molecule is CCOc1c(C=O)cc(I)cc1OC. The molecular formula is C10H11IO3. The Morgan fingerprint density at radius 2 is 2.21 bits per heavy atom. The maximum Gasteiger partial charge on any atom is 0.171 e. The van der Waals surface area contributed by atoms with Gasteiger partial charge in [-0.3, -0.25) is 4.79 Å². The number of rotatable bonds is 4. The largest absolute Gasteiger partial charge is 0.493 e. The van der Waals surface area contributed by atoms with Crippen LogP contribution in [0.1, 0.15) is 17.3 Å². The third-order valence-corrected chi connectivity index (χ3v) is 2.31. The first-order valence-corrected chi connectivity index (χ1v) is 5.26. The molecule has 0 spiro atoms. The summed E-state index contributed by atoms with van der Waals surface area (Å²) >= 11 is 2.13. The molecule has 0 saturated heterocycles. The zero-order valence-corrected chi connectivity index (χ0v) is 10.2. The van der Waals surface area contributed by atoms with Crippen LogP contribution < -0.4 is 9.47 Å². The van der Waals surface area contributed by atoms with Crippen molar-refractivity contribution in [1.29, 1.82) is 0 Å². The molecule has 0 heterocycles. The van der Waals surface area contributed by atoms with E-state index in [9.17, 15) is 4.79 Å². The lowest BCUT2D eigenvalue weighted by Crippen LogP contribution is -1.99. The van der Waals surface area contributed by atoms with Crippen molar-refractivity contribution in [2.75, 3.05) is 13.7 Å². The molecule has 0 aliphatic rings. The molecule has 0 bridgehead atoms. The molecule has 0 unspecified atom stereocenters. The predicted molar refractivity (Wildman–Crippen MR) is 62.3 cm³/mol. The van der Waals surface area contributed by atoms with E-state index < -0.39 is 0 Å². The quantitative estimate of drug-likeness (QED) is 0.633. The second kappa shape index (κ2) is 5.19. The van der Waals surface area contributed by atoms with Crippen molar-refractivity contribution in [3.05, 3.63) is 21.3 Å². The van der Waals surface area contributed by atoms with Gasteiger partial charge in [-0.05, 0) is 41.6 Å². The van der Waals surface area contributed by atoms with Gasteiger partial charge in [-0.2, -0.15) is 0 Å². The smallest absolute Gasteiger partial charge is 0.171 e. The highest BCUT2D eigenvalue weighted by Crippen LogP contribution is 2.32. The molecule has 4 heteroatoms. The molecule has 1 aromatic carbocycles. The van der Waals surface area contributed by atoms with E-state index in [1.54, 1.807) is 13.2 Å². The molecule has 0 atom stereocenters. The highest BCUT2D eigenvalue weighted by atomic mass is 127. The minimum Gasteiger partial charge on any atom is -0.493 e. The number of carbonyl (C=O) groups is 1. The number of carbonyl (C=O) groups excluding carboxylic acids is 1. The van der Waals surface area contributed by atoms with Crippen LogP contribution in [0.4, 0.5) is 0 Å². The first-order valence-electron chi connectivity index (χ1n) is 4.18. The van der Waals surface area contributed by atoms with Crippen LogP contribution in [0, 0.1) is 3.57 Å². The molecule has 76 valence electrons. The predicted octanol–water partition coefficient (Wildman–Crippen LogP) is 2.51. The van der Waals surface area contributed by atoms with Gasteiger partial charge in [0, 0.05) is 3.57 Å². The van der Waals surface area contributed by atoms with Crippen LogP contribution in [0.25, 0.3) is 0 Å². The maximum atomic E-state index is 10.8. The van der Waals surface area contributed by atoms with E-state index in [0.29, 0.717) is 23.7 Å². The molecule has 0 saturated carbocycles. The lowest BCUT2D eigenvalue weighted by atomic mass is 10.2. The Labute approximate surface area is 96.5 Å². The van der Waals surface area contributed by atoms with Crippen molar-refractivity contribution in [2.45, 2.75) is 6.92 Å². The summed E-state index contributed by atoms with van der Waals surface area (Å²) in [5.41, 5.74) is 0.524. The summed E-state index contributed by atoms with van der Waals surface area (Å²) in [6.45, 7) is 2.38. The van der Waals surface area contributed by atoms with E-state index in [1.165, 1.54) is 0 Å². The van der Waals surface area contributed by atoms with Crippen LogP contribution in [0.3, 0.4) is 0 Å². The van der Waals surface area contributed by atoms with Gasteiger partial charge in [-0.25, -0.2) is 0 Å². The normalized spacial score (nSPS) is 9.64. The van der Waals surface area contributed by atoms with Gasteiger partial charge in [-0.15, -0.1) is 0 Å². The van der Waals surface area contributed by atoms with Crippen LogP contribution >= 0.6 is 22.6 Å². The summed E-state index contributed by atoms with van der Waals surface area (Å²) in [5, 5.41) is 0. The third kappa shape index (κ3) is 2.37. The molecule has 0 N–H and O–H groups in total. The summed E-state index contributed by atoms with van der Waals surface area (Å²) < 4.78 is 11.4. The van der Waals surface area contributed by atoms with Crippen LogP contribution in [-0.2, 0) is 0 Å². The number of methoxy groups -OCH3 is 1. The second-order valence-corrected chi connectivity index (χ2v) is 3.82. The first kappa shape index (κ1) is 11.3. The van der Waals surface area contributed by atoms with Gasteiger partial charge in [0.2, 0.25) is 0 Å². The molecule has 1 aromatic rings. The van der Waals surface area contributed by atoms with Gasteiger partial charge in [0.25, 0.3) is 0 Å². The third-order valence-electron chi connectivity index (χ3n) is 1.68. The van der Waals surface area contributed by atoms with Crippen molar-refractivity contribution < 1.29 is 14.3 Å². The summed E-state index contributed by atoms with van der Waals surface area (Å²) in [5.74, 6) is 1.12. The van der Waals surface area contributed by atoms with E-state index in [2.05, 4.69) is 22.6 Å². The number of hydrogen-bond donors (Lipinski definition) is 0. The Balaban J connectivity index is 3.24. The Kier molecular flexibility index (Phi) is 4.19. The number of benzene rings is 1. The number of ether oxygens (including phenoxy) is 2. The number of aldehydes is 1. The van der Waals surface area contributed by atoms with E-state index in [4.69, 9.17) is 9.47 Å². The summed E-state index contributed by atoms with van der Waals surface area (Å²) in [7, 11) is 1.56. The van der Waals surface area contributed by atoms with Crippen LogP contribution in [0.2, 0.25) is 0 Å². The topological polar surface area (TPSA) is 35.5 Å². The van der Waals surface area contributed by atoms with Crippen molar-refractivity contribution >= 4 is 28.9 Å². The summed E-state index contributed by atoms with van der Waals surface area (Å²) in [6.07, 6.45) is 0.773. The molecule has 14 heavy (non-hydrogen) atoms. The molecular weight excluding hydrogens is 295 g/mol. The highest BCUT2D eigenvalue weighted by Gasteiger charge is 2.11. The van der Waals surface area contributed by atoms with Crippen molar-refractivity contribution in [2.24, 2.45) is 0 Å². The van der Waals surface area contributed by atoms with E-state index in [-0.39, 0.29) is 0 Å². The highest BCUT2D eigenvalue weighted by molar-refractivity contribution is 14.1. The zero-order chi connectivity index (χ0) is 10.6. The lowest BCUT2D eigenvalue weighted by Gasteiger charge is -2.11. The summed E-state index contributed by atoms with van der Waals surface area (Å²) in [4.78, 5) is 10.8. The Morgan fingerprint density at radius 3 is 2.71 bits per heavy atom. The molecule has 1 rings (SSSR count). The molecule has 0 aliphatic carbocycles. The molecule has 0 aromatic heterocycles. The average molecular weight is 306 g/mol. The Morgan fingerprint density at radius 1 is 1.50 bits per heavy atom. The fourth-order valence-electron chi connectivity index (χ4n) is 1.13. The van der Waals surface area contributed by atoms with Crippen molar-refractivity contribution in [1.82, 2.24) is 0 Å².